The van der Waals surface area contributed by atoms with Crippen molar-refractivity contribution in [3.63, 3.8) is 0 Å². The van der Waals surface area contributed by atoms with Crippen molar-refractivity contribution in [1.29, 1.82) is 0 Å². The van der Waals surface area contributed by atoms with Gasteiger partial charge in [-0.3, -0.25) is 4.79 Å². The summed E-state index contributed by atoms with van der Waals surface area (Å²) in [5.74, 6) is 0.953. The Morgan fingerprint density at radius 3 is 2.96 bits per heavy atom. The van der Waals surface area contributed by atoms with E-state index < -0.39 is 0 Å². The molecule has 1 amide bonds. The van der Waals surface area contributed by atoms with Gasteiger partial charge < -0.3 is 19.2 Å². The average molecular weight is 351 g/mol. The van der Waals surface area contributed by atoms with Crippen molar-refractivity contribution in [2.45, 2.75) is 19.4 Å². The summed E-state index contributed by atoms with van der Waals surface area (Å²) < 4.78 is 5.15. The minimum Gasteiger partial charge on any atom is -0.472 e. The highest BCUT2D eigenvalue weighted by Crippen LogP contribution is 2.24. The molecule has 0 atom stereocenters. The van der Waals surface area contributed by atoms with E-state index in [0.29, 0.717) is 25.3 Å². The van der Waals surface area contributed by atoms with Crippen molar-refractivity contribution < 1.29 is 9.21 Å². The van der Waals surface area contributed by atoms with Crippen LogP contribution in [0.4, 0.5) is 5.82 Å². The first kappa shape index (κ1) is 16.4. The lowest BCUT2D eigenvalue weighted by Gasteiger charge is -2.21. The molecule has 0 radical (unpaired) electrons. The predicted octanol–water partition coefficient (Wildman–Crippen LogP) is 2.28. The molecule has 0 bridgehead atoms. The summed E-state index contributed by atoms with van der Waals surface area (Å²) in [4.78, 5) is 28.6. The Labute approximate surface area is 151 Å². The first-order valence-electron chi connectivity index (χ1n) is 8.70. The van der Waals surface area contributed by atoms with Crippen molar-refractivity contribution in [2.24, 2.45) is 0 Å². The van der Waals surface area contributed by atoms with Crippen molar-refractivity contribution in [1.82, 2.24) is 19.9 Å². The monoisotopic (exact) mass is 351 g/mol. The fraction of sp³-hybridized carbons (Fsp3) is 0.316. The number of anilines is 1. The molecule has 0 saturated carbocycles. The number of nitrogens with one attached hydrogen (secondary N) is 1. The summed E-state index contributed by atoms with van der Waals surface area (Å²) >= 11 is 0. The van der Waals surface area contributed by atoms with Crippen LogP contribution in [0.2, 0.25) is 0 Å². The number of fused-ring (bicyclic) bond motifs is 1. The number of aromatic amines is 1. The number of aromatic nitrogens is 3. The minimum absolute atomic E-state index is 0.0315. The van der Waals surface area contributed by atoms with Gasteiger partial charge in [0.05, 0.1) is 18.2 Å². The molecule has 1 N–H and O–H groups in total. The maximum absolute atomic E-state index is 12.6. The number of hydrogen-bond acceptors (Lipinski definition) is 5. The summed E-state index contributed by atoms with van der Waals surface area (Å²) in [6.07, 6.45) is 8.28. The molecule has 0 aliphatic carbocycles. The second-order valence-corrected chi connectivity index (χ2v) is 6.49. The second-order valence-electron chi connectivity index (χ2n) is 6.49. The fourth-order valence-corrected chi connectivity index (χ4v) is 3.41. The largest absolute Gasteiger partial charge is 0.472 e. The normalized spacial score (nSPS) is 14.0. The van der Waals surface area contributed by atoms with Gasteiger partial charge in [-0.25, -0.2) is 9.97 Å². The summed E-state index contributed by atoms with van der Waals surface area (Å²) in [7, 11) is 2.02. The molecule has 1 aliphatic rings. The molecule has 3 aromatic heterocycles. The number of rotatable bonds is 4. The average Bonchev–Trinajstić information content (AvgIpc) is 3.32. The molecule has 1 aliphatic heterocycles. The lowest BCUT2D eigenvalue weighted by Crippen LogP contribution is -2.33. The SMILES string of the molecule is CN(Cc1ccoc1)c1ncnc2c1CCN(C(=O)c1ccc[nH]1)CC2. The van der Waals surface area contributed by atoms with E-state index in [1.54, 1.807) is 25.1 Å². The molecule has 3 aromatic rings. The molecular weight excluding hydrogens is 330 g/mol. The highest BCUT2D eigenvalue weighted by Gasteiger charge is 2.24. The van der Waals surface area contributed by atoms with E-state index in [4.69, 9.17) is 4.42 Å². The Hall–Kier alpha value is -3.09. The van der Waals surface area contributed by atoms with E-state index in [-0.39, 0.29) is 5.91 Å². The van der Waals surface area contributed by atoms with Gasteiger partial charge in [0.2, 0.25) is 0 Å². The maximum atomic E-state index is 12.6. The summed E-state index contributed by atoms with van der Waals surface area (Å²) in [6, 6.07) is 5.60. The first-order valence-corrected chi connectivity index (χ1v) is 8.70. The number of H-pyrrole nitrogens is 1. The van der Waals surface area contributed by atoms with Crippen LogP contribution >= 0.6 is 0 Å². The van der Waals surface area contributed by atoms with Crippen molar-refractivity contribution in [3.05, 3.63) is 65.8 Å². The molecule has 0 saturated heterocycles. The number of carbonyl (C=O) groups is 1. The first-order chi connectivity index (χ1) is 12.7. The van der Waals surface area contributed by atoms with Crippen molar-refractivity contribution in [2.75, 3.05) is 25.0 Å². The minimum atomic E-state index is 0.0315. The molecule has 7 heteroatoms. The van der Waals surface area contributed by atoms with Gasteiger partial charge in [0.1, 0.15) is 17.8 Å². The number of nitrogens with zero attached hydrogens (tertiary/aromatic N) is 4. The van der Waals surface area contributed by atoms with E-state index in [1.165, 1.54) is 0 Å². The Morgan fingerprint density at radius 2 is 2.19 bits per heavy atom. The van der Waals surface area contributed by atoms with Gasteiger partial charge in [0, 0.05) is 50.4 Å². The van der Waals surface area contributed by atoms with Gasteiger partial charge in [-0.05, 0) is 24.6 Å². The van der Waals surface area contributed by atoms with Crippen LogP contribution in [0.25, 0.3) is 0 Å². The van der Waals surface area contributed by atoms with E-state index in [0.717, 1.165) is 35.5 Å². The van der Waals surface area contributed by atoms with Crippen LogP contribution in [0.5, 0.6) is 0 Å². The Bertz CT molecular complexity index is 873. The molecule has 0 fully saturated rings. The molecule has 4 rings (SSSR count). The van der Waals surface area contributed by atoms with Gasteiger partial charge in [0.15, 0.2) is 0 Å². The second kappa shape index (κ2) is 7.03. The van der Waals surface area contributed by atoms with Crippen LogP contribution in [0.3, 0.4) is 0 Å². The van der Waals surface area contributed by atoms with E-state index >= 15 is 0 Å². The Kier molecular flexibility index (Phi) is 4.43. The zero-order chi connectivity index (χ0) is 17.9. The molecule has 134 valence electrons. The summed E-state index contributed by atoms with van der Waals surface area (Å²) in [5.41, 5.74) is 3.87. The zero-order valence-electron chi connectivity index (χ0n) is 14.7. The number of amides is 1. The van der Waals surface area contributed by atoms with Gasteiger partial charge in [-0.1, -0.05) is 0 Å². The van der Waals surface area contributed by atoms with Crippen LogP contribution in [0, 0.1) is 0 Å². The summed E-state index contributed by atoms with van der Waals surface area (Å²) in [6.45, 7) is 2.03. The van der Waals surface area contributed by atoms with E-state index in [1.807, 2.05) is 30.1 Å². The lowest BCUT2D eigenvalue weighted by molar-refractivity contribution is 0.0758. The number of furan rings is 1. The van der Waals surface area contributed by atoms with Crippen LogP contribution in [0.15, 0.2) is 47.7 Å². The van der Waals surface area contributed by atoms with Crippen LogP contribution in [-0.4, -0.2) is 45.9 Å². The van der Waals surface area contributed by atoms with Crippen molar-refractivity contribution in [3.8, 4) is 0 Å². The molecule has 4 heterocycles. The third kappa shape index (κ3) is 3.20. The molecule has 7 nitrogen and oxygen atoms in total. The van der Waals surface area contributed by atoms with Crippen LogP contribution in [-0.2, 0) is 19.4 Å². The van der Waals surface area contributed by atoms with Gasteiger partial charge in [-0.15, -0.1) is 0 Å². The molecule has 0 unspecified atom stereocenters. The standard InChI is InChI=1S/C19H21N5O2/c1-23(11-14-6-10-26-12-14)18-15-4-8-24(9-5-16(15)21-13-22-18)19(25)17-3-2-7-20-17/h2-3,6-7,10,12-13,20H,4-5,8-9,11H2,1H3. The van der Waals surface area contributed by atoms with Crippen LogP contribution in [0.1, 0.15) is 27.3 Å². The van der Waals surface area contributed by atoms with E-state index in [9.17, 15) is 4.79 Å². The maximum Gasteiger partial charge on any atom is 0.270 e. The topological polar surface area (TPSA) is 78.3 Å². The van der Waals surface area contributed by atoms with Gasteiger partial charge >= 0.3 is 0 Å². The quantitative estimate of drug-likeness (QED) is 0.780. The highest BCUT2D eigenvalue weighted by atomic mass is 16.3. The smallest absolute Gasteiger partial charge is 0.270 e. The Balaban J connectivity index is 1.54. The van der Waals surface area contributed by atoms with Crippen molar-refractivity contribution >= 4 is 11.7 Å². The third-order valence-corrected chi connectivity index (χ3v) is 4.74. The van der Waals surface area contributed by atoms with Gasteiger partial charge in [-0.2, -0.15) is 0 Å². The van der Waals surface area contributed by atoms with E-state index in [2.05, 4.69) is 19.9 Å². The molecular formula is C19H21N5O2. The Morgan fingerprint density at radius 1 is 1.31 bits per heavy atom. The highest BCUT2D eigenvalue weighted by molar-refractivity contribution is 5.92. The lowest BCUT2D eigenvalue weighted by atomic mass is 10.1. The molecule has 0 aromatic carbocycles. The third-order valence-electron chi connectivity index (χ3n) is 4.74. The zero-order valence-corrected chi connectivity index (χ0v) is 14.7. The summed E-state index contributed by atoms with van der Waals surface area (Å²) in [5, 5.41) is 0. The molecule has 26 heavy (non-hydrogen) atoms. The van der Waals surface area contributed by atoms with Crippen LogP contribution < -0.4 is 4.90 Å². The number of hydrogen-bond donors (Lipinski definition) is 1. The number of carbonyl (C=O) groups excluding carboxylic acids is 1. The molecule has 0 spiro atoms. The predicted molar refractivity (Wildman–Crippen MR) is 97.0 cm³/mol. The fourth-order valence-electron chi connectivity index (χ4n) is 3.41. The van der Waals surface area contributed by atoms with Gasteiger partial charge in [0.25, 0.3) is 5.91 Å².